The summed E-state index contributed by atoms with van der Waals surface area (Å²) >= 11 is 1.47. The van der Waals surface area contributed by atoms with Crippen LogP contribution in [0.5, 0.6) is 0 Å². The maximum absolute atomic E-state index is 12.3. The second-order valence-electron chi connectivity index (χ2n) is 5.83. The van der Waals surface area contributed by atoms with Crippen molar-refractivity contribution in [2.45, 2.75) is 33.6 Å². The van der Waals surface area contributed by atoms with Crippen LogP contribution in [0.15, 0.2) is 4.42 Å². The van der Waals surface area contributed by atoms with Crippen LogP contribution in [0.1, 0.15) is 30.5 Å². The maximum Gasteiger partial charge on any atom is 0.322 e. The molecule has 24 heavy (non-hydrogen) atoms. The molecule has 1 saturated heterocycles. The topological polar surface area (TPSA) is 101 Å². The highest BCUT2D eigenvalue weighted by Gasteiger charge is 2.27. The smallest absolute Gasteiger partial charge is 0.322 e. The Hall–Kier alpha value is -2.29. The molecular formula is C15H19N5O3S. The molecule has 9 heteroatoms. The summed E-state index contributed by atoms with van der Waals surface area (Å²) in [6.45, 7) is 6.53. The molecule has 2 aromatic heterocycles. The lowest BCUT2D eigenvalue weighted by Gasteiger charge is -2.30. The highest BCUT2D eigenvalue weighted by atomic mass is 32.1. The number of hydrogen-bond donors (Lipinski definition) is 1. The van der Waals surface area contributed by atoms with Gasteiger partial charge in [0.1, 0.15) is 4.88 Å². The lowest BCUT2D eigenvalue weighted by molar-refractivity contribution is -0.132. The van der Waals surface area contributed by atoms with Crippen LogP contribution in [0.25, 0.3) is 10.8 Å². The molecular weight excluding hydrogens is 330 g/mol. The molecule has 0 spiro atoms. The van der Waals surface area contributed by atoms with Gasteiger partial charge in [-0.2, -0.15) is 0 Å². The van der Waals surface area contributed by atoms with Crippen molar-refractivity contribution in [1.29, 1.82) is 0 Å². The average molecular weight is 349 g/mol. The van der Waals surface area contributed by atoms with Crippen LogP contribution in [0.2, 0.25) is 0 Å². The molecule has 0 atom stereocenters. The number of likely N-dealkylation sites (tertiary alicyclic amines) is 1. The molecule has 1 N–H and O–H groups in total. The summed E-state index contributed by atoms with van der Waals surface area (Å²) in [6.07, 6.45) is 1.28. The Morgan fingerprint density at radius 1 is 1.25 bits per heavy atom. The zero-order chi connectivity index (χ0) is 17.3. The number of nitrogens with one attached hydrogen (secondary N) is 1. The number of hydrogen-bond acceptors (Lipinski definition) is 7. The molecule has 3 rings (SSSR count). The molecule has 1 aliphatic heterocycles. The van der Waals surface area contributed by atoms with Gasteiger partial charge < -0.3 is 9.32 Å². The monoisotopic (exact) mass is 349 g/mol. The molecule has 2 aromatic rings. The van der Waals surface area contributed by atoms with E-state index in [9.17, 15) is 9.59 Å². The number of carbonyl (C=O) groups is 2. The third kappa shape index (κ3) is 3.45. The molecule has 8 nitrogen and oxygen atoms in total. The van der Waals surface area contributed by atoms with E-state index in [2.05, 4.69) is 20.5 Å². The van der Waals surface area contributed by atoms with E-state index >= 15 is 0 Å². The molecule has 0 saturated carbocycles. The highest BCUT2D eigenvalue weighted by molar-refractivity contribution is 7.15. The molecule has 0 aromatic carbocycles. The van der Waals surface area contributed by atoms with Crippen molar-refractivity contribution in [2.24, 2.45) is 5.92 Å². The standard InChI is InChI=1S/C15H19N5O3S/c1-8-12(24-9(2)16-8)14-18-19-15(23-14)17-13(22)11-4-6-20(7-5-11)10(3)21/h11H,4-7H2,1-3H3,(H,17,19,22). The second-order valence-corrected chi connectivity index (χ2v) is 7.03. The number of anilines is 1. The lowest BCUT2D eigenvalue weighted by Crippen LogP contribution is -2.40. The van der Waals surface area contributed by atoms with Crippen LogP contribution >= 0.6 is 11.3 Å². The van der Waals surface area contributed by atoms with Crippen LogP contribution in [-0.4, -0.2) is 45.0 Å². The van der Waals surface area contributed by atoms with Crippen molar-refractivity contribution in [3.05, 3.63) is 10.7 Å². The Balaban J connectivity index is 1.62. The molecule has 0 radical (unpaired) electrons. The predicted molar refractivity (Wildman–Crippen MR) is 88.5 cm³/mol. The van der Waals surface area contributed by atoms with E-state index in [1.54, 1.807) is 11.8 Å². The van der Waals surface area contributed by atoms with E-state index in [0.29, 0.717) is 31.8 Å². The molecule has 2 amide bonds. The second kappa shape index (κ2) is 6.68. The Labute approximate surface area is 143 Å². The number of nitrogens with zero attached hydrogens (tertiary/aromatic N) is 4. The van der Waals surface area contributed by atoms with Gasteiger partial charge in [0.05, 0.1) is 10.7 Å². The van der Waals surface area contributed by atoms with Gasteiger partial charge in [-0.15, -0.1) is 16.4 Å². The van der Waals surface area contributed by atoms with Crippen molar-refractivity contribution < 1.29 is 14.0 Å². The molecule has 0 bridgehead atoms. The first-order valence-corrected chi connectivity index (χ1v) is 8.60. The number of thiazole rings is 1. The van der Waals surface area contributed by atoms with Crippen molar-refractivity contribution in [1.82, 2.24) is 20.1 Å². The van der Waals surface area contributed by atoms with E-state index in [1.807, 2.05) is 13.8 Å². The fraction of sp³-hybridized carbons (Fsp3) is 0.533. The van der Waals surface area contributed by atoms with Crippen molar-refractivity contribution in [2.75, 3.05) is 18.4 Å². The van der Waals surface area contributed by atoms with Gasteiger partial charge in [-0.25, -0.2) is 4.98 Å². The van der Waals surface area contributed by atoms with Gasteiger partial charge in [0.2, 0.25) is 11.8 Å². The fourth-order valence-electron chi connectivity index (χ4n) is 2.76. The zero-order valence-corrected chi connectivity index (χ0v) is 14.6. The largest absolute Gasteiger partial charge is 0.402 e. The number of piperidine rings is 1. The van der Waals surface area contributed by atoms with Gasteiger partial charge in [0.15, 0.2) is 0 Å². The van der Waals surface area contributed by atoms with Gasteiger partial charge in [0.25, 0.3) is 5.89 Å². The van der Waals surface area contributed by atoms with Crippen LogP contribution in [-0.2, 0) is 9.59 Å². The molecule has 1 fully saturated rings. The van der Waals surface area contributed by atoms with E-state index in [-0.39, 0.29) is 23.7 Å². The summed E-state index contributed by atoms with van der Waals surface area (Å²) in [5, 5.41) is 11.5. The summed E-state index contributed by atoms with van der Waals surface area (Å²) in [6, 6.07) is 0.0921. The first-order chi connectivity index (χ1) is 11.4. The summed E-state index contributed by atoms with van der Waals surface area (Å²) in [7, 11) is 0. The third-order valence-electron chi connectivity index (χ3n) is 4.06. The third-order valence-corrected chi connectivity index (χ3v) is 5.12. The maximum atomic E-state index is 12.3. The van der Waals surface area contributed by atoms with Crippen molar-refractivity contribution in [3.8, 4) is 10.8 Å². The Bertz CT molecular complexity index is 761. The Morgan fingerprint density at radius 3 is 2.54 bits per heavy atom. The van der Waals surface area contributed by atoms with E-state index < -0.39 is 0 Å². The number of aromatic nitrogens is 3. The minimum atomic E-state index is -0.150. The molecule has 3 heterocycles. The van der Waals surface area contributed by atoms with Crippen LogP contribution < -0.4 is 5.32 Å². The lowest BCUT2D eigenvalue weighted by atomic mass is 9.96. The first-order valence-electron chi connectivity index (χ1n) is 7.78. The molecule has 0 unspecified atom stereocenters. The number of carbonyl (C=O) groups excluding carboxylic acids is 2. The highest BCUT2D eigenvalue weighted by Crippen LogP contribution is 2.29. The van der Waals surface area contributed by atoms with Crippen molar-refractivity contribution in [3.63, 3.8) is 0 Å². The van der Waals surface area contributed by atoms with E-state index in [4.69, 9.17) is 4.42 Å². The van der Waals surface area contributed by atoms with E-state index in [1.165, 1.54) is 11.3 Å². The molecule has 1 aliphatic rings. The predicted octanol–water partition coefficient (Wildman–Crippen LogP) is 2.01. The van der Waals surface area contributed by atoms with Gasteiger partial charge in [-0.05, 0) is 26.7 Å². The fourth-order valence-corrected chi connectivity index (χ4v) is 3.60. The van der Waals surface area contributed by atoms with Crippen LogP contribution in [0.4, 0.5) is 6.01 Å². The normalized spacial score (nSPS) is 15.5. The average Bonchev–Trinajstić information content (AvgIpc) is 3.13. The van der Waals surface area contributed by atoms with Gasteiger partial charge in [-0.3, -0.25) is 14.9 Å². The number of aryl methyl sites for hydroxylation is 2. The minimum Gasteiger partial charge on any atom is -0.402 e. The first kappa shape index (κ1) is 16.6. The van der Waals surface area contributed by atoms with Crippen LogP contribution in [0.3, 0.4) is 0 Å². The minimum absolute atomic E-state index is 0.0469. The van der Waals surface area contributed by atoms with Gasteiger partial charge >= 0.3 is 6.01 Å². The summed E-state index contributed by atoms with van der Waals surface area (Å²) in [4.78, 5) is 30.5. The summed E-state index contributed by atoms with van der Waals surface area (Å²) in [5.74, 6) is 0.111. The van der Waals surface area contributed by atoms with Crippen LogP contribution in [0, 0.1) is 19.8 Å². The quantitative estimate of drug-likeness (QED) is 0.909. The van der Waals surface area contributed by atoms with Gasteiger partial charge in [0, 0.05) is 25.9 Å². The number of amides is 2. The molecule has 128 valence electrons. The zero-order valence-electron chi connectivity index (χ0n) is 13.8. The SMILES string of the molecule is CC(=O)N1CCC(C(=O)Nc2nnc(-c3sc(C)nc3C)o2)CC1. The number of rotatable bonds is 3. The van der Waals surface area contributed by atoms with Crippen molar-refractivity contribution >= 4 is 29.2 Å². The van der Waals surface area contributed by atoms with E-state index in [0.717, 1.165) is 15.6 Å². The summed E-state index contributed by atoms with van der Waals surface area (Å²) in [5.41, 5.74) is 0.829. The molecule has 0 aliphatic carbocycles. The Morgan fingerprint density at radius 2 is 1.96 bits per heavy atom. The Kier molecular flexibility index (Phi) is 4.61. The van der Waals surface area contributed by atoms with Gasteiger partial charge in [-0.1, -0.05) is 5.10 Å². The summed E-state index contributed by atoms with van der Waals surface area (Å²) < 4.78 is 5.54.